The number of nitrogens with zero attached hydrogens (tertiary/aromatic N) is 3. The van der Waals surface area contributed by atoms with Gasteiger partial charge in [-0.05, 0) is 40.5 Å². The molecule has 1 N–H and O–H groups in total. The number of hydrogen-bond acceptors (Lipinski definition) is 4. The van der Waals surface area contributed by atoms with Gasteiger partial charge in [-0.2, -0.15) is 13.2 Å². The van der Waals surface area contributed by atoms with Crippen molar-refractivity contribution in [1.29, 1.82) is 0 Å². The van der Waals surface area contributed by atoms with Crippen LogP contribution in [0, 0.1) is 0 Å². The standard InChI is InChI=1S/C16H14BrF3N4O/c17-12-5-10(6-21-8-12)15(25)23-13-3-4-24(9-13)14-2-1-11(7-22-14)16(18,19)20/h1-2,5-8,13H,3-4,9H2,(H,23,25). The van der Waals surface area contributed by atoms with Crippen LogP contribution in [0.15, 0.2) is 41.3 Å². The van der Waals surface area contributed by atoms with Gasteiger partial charge in [0.25, 0.3) is 5.91 Å². The molecule has 0 saturated carbocycles. The molecule has 3 heterocycles. The summed E-state index contributed by atoms with van der Waals surface area (Å²) in [6.07, 6.45) is 0.184. The van der Waals surface area contributed by atoms with Gasteiger partial charge in [-0.1, -0.05) is 0 Å². The van der Waals surface area contributed by atoms with E-state index in [9.17, 15) is 18.0 Å². The van der Waals surface area contributed by atoms with E-state index < -0.39 is 11.7 Å². The normalized spacial score (nSPS) is 17.6. The Morgan fingerprint density at radius 1 is 1.28 bits per heavy atom. The monoisotopic (exact) mass is 414 g/mol. The fourth-order valence-electron chi connectivity index (χ4n) is 2.63. The lowest BCUT2D eigenvalue weighted by molar-refractivity contribution is -0.137. The number of pyridine rings is 2. The molecule has 2 aromatic rings. The van der Waals surface area contributed by atoms with Crippen LogP contribution in [-0.2, 0) is 6.18 Å². The number of anilines is 1. The molecule has 5 nitrogen and oxygen atoms in total. The van der Waals surface area contributed by atoms with Crippen molar-refractivity contribution in [2.75, 3.05) is 18.0 Å². The predicted octanol–water partition coefficient (Wildman–Crippen LogP) is 3.27. The first-order valence-electron chi connectivity index (χ1n) is 7.52. The van der Waals surface area contributed by atoms with Gasteiger partial charge in [-0.15, -0.1) is 0 Å². The van der Waals surface area contributed by atoms with Crippen LogP contribution in [0.5, 0.6) is 0 Å². The molecular formula is C16H14BrF3N4O. The number of carbonyl (C=O) groups excluding carboxylic acids is 1. The molecule has 1 aliphatic heterocycles. The first-order valence-corrected chi connectivity index (χ1v) is 8.32. The zero-order chi connectivity index (χ0) is 18.0. The molecular weight excluding hydrogens is 401 g/mol. The summed E-state index contributed by atoms with van der Waals surface area (Å²) >= 11 is 3.26. The minimum Gasteiger partial charge on any atom is -0.354 e. The maximum atomic E-state index is 12.6. The minimum absolute atomic E-state index is 0.101. The summed E-state index contributed by atoms with van der Waals surface area (Å²) in [6, 6.07) is 3.94. The first-order chi connectivity index (χ1) is 11.8. The Labute approximate surface area is 150 Å². The summed E-state index contributed by atoms with van der Waals surface area (Å²) in [5, 5.41) is 2.91. The van der Waals surface area contributed by atoms with Crippen molar-refractivity contribution >= 4 is 27.7 Å². The lowest BCUT2D eigenvalue weighted by Crippen LogP contribution is -2.37. The molecule has 0 radical (unpaired) electrons. The summed E-state index contributed by atoms with van der Waals surface area (Å²) in [4.78, 5) is 21.9. The van der Waals surface area contributed by atoms with Crippen LogP contribution in [0.4, 0.5) is 19.0 Å². The second-order valence-electron chi connectivity index (χ2n) is 5.70. The number of carbonyl (C=O) groups is 1. The van der Waals surface area contributed by atoms with Crippen molar-refractivity contribution in [3.63, 3.8) is 0 Å². The van der Waals surface area contributed by atoms with Crippen molar-refractivity contribution in [1.82, 2.24) is 15.3 Å². The van der Waals surface area contributed by atoms with Crippen molar-refractivity contribution in [3.8, 4) is 0 Å². The van der Waals surface area contributed by atoms with Crippen LogP contribution in [0.1, 0.15) is 22.3 Å². The summed E-state index contributed by atoms with van der Waals surface area (Å²) in [5.41, 5.74) is -0.331. The zero-order valence-corrected chi connectivity index (χ0v) is 14.5. The van der Waals surface area contributed by atoms with Crippen molar-refractivity contribution < 1.29 is 18.0 Å². The van der Waals surface area contributed by atoms with Crippen LogP contribution >= 0.6 is 15.9 Å². The smallest absolute Gasteiger partial charge is 0.354 e. The number of hydrogen-bond donors (Lipinski definition) is 1. The number of amides is 1. The Balaban J connectivity index is 1.61. The lowest BCUT2D eigenvalue weighted by Gasteiger charge is -2.18. The number of rotatable bonds is 3. The van der Waals surface area contributed by atoms with E-state index in [0.717, 1.165) is 12.3 Å². The Morgan fingerprint density at radius 2 is 2.08 bits per heavy atom. The maximum absolute atomic E-state index is 12.6. The van der Waals surface area contributed by atoms with Crippen molar-refractivity contribution in [2.24, 2.45) is 0 Å². The van der Waals surface area contributed by atoms with Gasteiger partial charge >= 0.3 is 6.18 Å². The Bertz CT molecular complexity index is 767. The lowest BCUT2D eigenvalue weighted by atomic mass is 10.2. The summed E-state index contributed by atoms with van der Waals surface area (Å²) in [6.45, 7) is 1.10. The van der Waals surface area contributed by atoms with E-state index in [1.807, 2.05) is 4.90 Å². The fraction of sp³-hybridized carbons (Fsp3) is 0.312. The van der Waals surface area contributed by atoms with Gasteiger partial charge in [0.05, 0.1) is 11.1 Å². The third-order valence-corrected chi connectivity index (χ3v) is 4.32. The predicted molar refractivity (Wildman–Crippen MR) is 89.3 cm³/mol. The molecule has 25 heavy (non-hydrogen) atoms. The highest BCUT2D eigenvalue weighted by Gasteiger charge is 2.31. The molecule has 1 saturated heterocycles. The Morgan fingerprint density at radius 3 is 2.72 bits per heavy atom. The van der Waals surface area contributed by atoms with Gasteiger partial charge < -0.3 is 10.2 Å². The van der Waals surface area contributed by atoms with Gasteiger partial charge in [-0.25, -0.2) is 4.98 Å². The third kappa shape index (κ3) is 4.28. The Kier molecular flexibility index (Phi) is 4.94. The van der Waals surface area contributed by atoms with E-state index in [1.54, 1.807) is 12.3 Å². The topological polar surface area (TPSA) is 58.1 Å². The highest BCUT2D eigenvalue weighted by atomic mass is 79.9. The summed E-state index contributed by atoms with van der Waals surface area (Å²) in [7, 11) is 0. The second kappa shape index (κ2) is 6.99. The van der Waals surface area contributed by atoms with Crippen molar-refractivity contribution in [2.45, 2.75) is 18.6 Å². The molecule has 1 amide bonds. The average Bonchev–Trinajstić information content (AvgIpc) is 3.02. The number of halogens is 4. The van der Waals surface area contributed by atoms with Crippen LogP contribution < -0.4 is 10.2 Å². The number of nitrogens with one attached hydrogen (secondary N) is 1. The van der Waals surface area contributed by atoms with Crippen LogP contribution in [-0.4, -0.2) is 35.0 Å². The van der Waals surface area contributed by atoms with Gasteiger partial charge in [-0.3, -0.25) is 9.78 Å². The minimum atomic E-state index is -4.40. The Hall–Kier alpha value is -2.16. The van der Waals surface area contributed by atoms with E-state index >= 15 is 0 Å². The molecule has 9 heteroatoms. The van der Waals surface area contributed by atoms with E-state index in [2.05, 4.69) is 31.2 Å². The average molecular weight is 415 g/mol. The van der Waals surface area contributed by atoms with Crippen molar-refractivity contribution in [3.05, 3.63) is 52.4 Å². The molecule has 0 spiro atoms. The first kappa shape index (κ1) is 17.7. The van der Waals surface area contributed by atoms with E-state index in [1.165, 1.54) is 12.3 Å². The number of aromatic nitrogens is 2. The molecule has 0 aromatic carbocycles. The van der Waals surface area contributed by atoms with E-state index in [0.29, 0.717) is 35.4 Å². The quantitative estimate of drug-likeness (QED) is 0.837. The van der Waals surface area contributed by atoms with Gasteiger partial charge in [0, 0.05) is 42.2 Å². The van der Waals surface area contributed by atoms with Gasteiger partial charge in [0.1, 0.15) is 5.82 Å². The van der Waals surface area contributed by atoms with Gasteiger partial charge in [0.15, 0.2) is 0 Å². The molecule has 1 aliphatic rings. The summed E-state index contributed by atoms with van der Waals surface area (Å²) < 4.78 is 38.5. The molecule has 0 aliphatic carbocycles. The molecule has 1 fully saturated rings. The molecule has 0 bridgehead atoms. The number of alkyl halides is 3. The molecule has 2 aromatic heterocycles. The maximum Gasteiger partial charge on any atom is 0.417 e. The highest BCUT2D eigenvalue weighted by Crippen LogP contribution is 2.29. The molecule has 1 atom stereocenters. The zero-order valence-electron chi connectivity index (χ0n) is 12.9. The third-order valence-electron chi connectivity index (χ3n) is 3.89. The fourth-order valence-corrected chi connectivity index (χ4v) is 3.00. The molecule has 132 valence electrons. The highest BCUT2D eigenvalue weighted by molar-refractivity contribution is 9.10. The van der Waals surface area contributed by atoms with Gasteiger partial charge in [0.2, 0.25) is 0 Å². The van der Waals surface area contributed by atoms with E-state index in [4.69, 9.17) is 0 Å². The summed E-state index contributed by atoms with van der Waals surface area (Å²) in [5.74, 6) is 0.231. The second-order valence-corrected chi connectivity index (χ2v) is 6.62. The van der Waals surface area contributed by atoms with Crippen LogP contribution in [0.2, 0.25) is 0 Å². The van der Waals surface area contributed by atoms with Crippen LogP contribution in [0.3, 0.4) is 0 Å². The SMILES string of the molecule is O=C(NC1CCN(c2ccc(C(F)(F)F)cn2)C1)c1cncc(Br)c1. The molecule has 3 rings (SSSR count). The molecule has 1 unspecified atom stereocenters. The van der Waals surface area contributed by atoms with E-state index in [-0.39, 0.29) is 11.9 Å². The van der Waals surface area contributed by atoms with Crippen LogP contribution in [0.25, 0.3) is 0 Å². The largest absolute Gasteiger partial charge is 0.417 e.